The molecule has 1 aliphatic heterocycles. The van der Waals surface area contributed by atoms with Crippen molar-refractivity contribution in [1.82, 2.24) is 0 Å². The molecule has 6 N–H and O–H groups in total. The average Bonchev–Trinajstić information content (AvgIpc) is 2.95. The Morgan fingerprint density at radius 2 is 1.53 bits per heavy atom. The van der Waals surface area contributed by atoms with Crippen molar-refractivity contribution < 1.29 is 44.9 Å². The van der Waals surface area contributed by atoms with Gasteiger partial charge in [0.15, 0.2) is 0 Å². The molecule has 1 saturated heterocycles. The zero-order valence-corrected chi connectivity index (χ0v) is 28.3. The third-order valence-corrected chi connectivity index (χ3v) is 15.1. The number of aliphatic hydroxyl groups excluding tert-OH is 6. The number of fused-ring (bicyclic) bond motifs is 7. The van der Waals surface area contributed by atoms with Crippen molar-refractivity contribution >= 4 is 5.97 Å². The monoisotopic (exact) mass is 634 g/mol. The van der Waals surface area contributed by atoms with Crippen LogP contribution in [0.5, 0.6) is 0 Å². The number of rotatable bonds is 3. The third-order valence-electron chi connectivity index (χ3n) is 15.1. The van der Waals surface area contributed by atoms with Crippen LogP contribution in [0, 0.1) is 50.2 Å². The van der Waals surface area contributed by atoms with Gasteiger partial charge in [0.05, 0.1) is 18.8 Å². The van der Waals surface area contributed by atoms with Gasteiger partial charge in [-0.2, -0.15) is 0 Å². The Balaban J connectivity index is 1.38. The Hall–Kier alpha value is -1.07. The first-order valence-electron chi connectivity index (χ1n) is 17.4. The van der Waals surface area contributed by atoms with Crippen molar-refractivity contribution in [2.75, 3.05) is 6.61 Å². The van der Waals surface area contributed by atoms with Crippen LogP contribution in [-0.4, -0.2) is 86.1 Å². The summed E-state index contributed by atoms with van der Waals surface area (Å²) in [6.45, 7) is 15.5. The molecule has 9 nitrogen and oxygen atoms in total. The van der Waals surface area contributed by atoms with Crippen molar-refractivity contribution in [3.8, 4) is 0 Å². The molecular weight excluding hydrogens is 576 g/mol. The highest BCUT2D eigenvalue weighted by Gasteiger charge is 2.71. The Morgan fingerprint density at radius 3 is 2.20 bits per heavy atom. The van der Waals surface area contributed by atoms with E-state index in [1.807, 2.05) is 0 Å². The molecule has 14 unspecified atom stereocenters. The van der Waals surface area contributed by atoms with E-state index in [0.29, 0.717) is 37.5 Å². The van der Waals surface area contributed by atoms with E-state index in [9.17, 15) is 35.4 Å². The standard InChI is InChI=1S/C36H58O9/c1-31(2)14-15-36(30(43)45-29-28(42)27(41)26(40)21(18-37)44-29)20(16-31)19-8-9-23-33(5)12-11-24(38)32(3,4)22(33)10-13-34(23,6)35(19,7)17-25(36)39/h8,20-29,37-42H,9-18H2,1-7H3. The first kappa shape index (κ1) is 33.8. The van der Waals surface area contributed by atoms with Gasteiger partial charge in [-0.05, 0) is 103 Å². The summed E-state index contributed by atoms with van der Waals surface area (Å²) in [5.74, 6) is -0.157. The molecular formula is C36H58O9. The van der Waals surface area contributed by atoms with Gasteiger partial charge in [-0.25, -0.2) is 0 Å². The van der Waals surface area contributed by atoms with Crippen LogP contribution in [0.15, 0.2) is 11.6 Å². The minimum Gasteiger partial charge on any atom is -0.432 e. The highest BCUT2D eigenvalue weighted by atomic mass is 16.7. The topological polar surface area (TPSA) is 157 Å². The highest BCUT2D eigenvalue weighted by Crippen LogP contribution is 2.75. The molecule has 0 aromatic heterocycles. The van der Waals surface area contributed by atoms with Crippen LogP contribution in [0.25, 0.3) is 0 Å². The first-order chi connectivity index (χ1) is 20.8. The fourth-order valence-corrected chi connectivity index (χ4v) is 12.1. The molecule has 45 heavy (non-hydrogen) atoms. The van der Waals surface area contributed by atoms with Gasteiger partial charge in [0.1, 0.15) is 29.8 Å². The Kier molecular flexibility index (Phi) is 8.05. The number of aliphatic hydroxyl groups is 6. The summed E-state index contributed by atoms with van der Waals surface area (Å²) in [4.78, 5) is 14.4. The van der Waals surface area contributed by atoms with Crippen molar-refractivity contribution in [3.05, 3.63) is 11.6 Å². The Labute approximate surface area is 268 Å². The fourth-order valence-electron chi connectivity index (χ4n) is 12.1. The summed E-state index contributed by atoms with van der Waals surface area (Å²) in [6, 6.07) is 0. The molecule has 6 rings (SSSR count). The smallest absolute Gasteiger partial charge is 0.317 e. The van der Waals surface area contributed by atoms with Crippen LogP contribution in [0.1, 0.15) is 106 Å². The first-order valence-corrected chi connectivity index (χ1v) is 17.4. The minimum absolute atomic E-state index is 0.0497. The third kappa shape index (κ3) is 4.54. The summed E-state index contributed by atoms with van der Waals surface area (Å²) in [5.41, 5.74) is -0.661. The lowest BCUT2D eigenvalue weighted by Gasteiger charge is -2.71. The van der Waals surface area contributed by atoms with Gasteiger partial charge >= 0.3 is 5.97 Å². The summed E-state index contributed by atoms with van der Waals surface area (Å²) in [6.07, 6.45) is 0.341. The molecule has 0 radical (unpaired) electrons. The van der Waals surface area contributed by atoms with Crippen LogP contribution in [-0.2, 0) is 14.3 Å². The largest absolute Gasteiger partial charge is 0.432 e. The zero-order valence-electron chi connectivity index (χ0n) is 28.3. The van der Waals surface area contributed by atoms with Gasteiger partial charge in [-0.3, -0.25) is 4.79 Å². The molecule has 5 fully saturated rings. The molecule has 0 bridgehead atoms. The van der Waals surface area contributed by atoms with E-state index in [0.717, 1.165) is 32.1 Å². The number of carbonyl (C=O) groups excluding carboxylic acids is 1. The second-order valence-electron chi connectivity index (χ2n) is 18.0. The highest BCUT2D eigenvalue weighted by molar-refractivity contribution is 5.80. The second kappa shape index (κ2) is 10.7. The lowest BCUT2D eigenvalue weighted by Crippen LogP contribution is -2.68. The number of ether oxygens (including phenoxy) is 2. The van der Waals surface area contributed by atoms with Crippen LogP contribution in [0.3, 0.4) is 0 Å². The van der Waals surface area contributed by atoms with E-state index in [2.05, 4.69) is 54.5 Å². The van der Waals surface area contributed by atoms with Crippen LogP contribution in [0.2, 0.25) is 0 Å². The lowest BCUT2D eigenvalue weighted by atomic mass is 9.33. The molecule has 14 atom stereocenters. The summed E-state index contributed by atoms with van der Waals surface area (Å²) >= 11 is 0. The van der Waals surface area contributed by atoms with Gasteiger partial charge in [0, 0.05) is 0 Å². The van der Waals surface area contributed by atoms with E-state index < -0.39 is 54.8 Å². The van der Waals surface area contributed by atoms with E-state index in [4.69, 9.17) is 9.47 Å². The maximum Gasteiger partial charge on any atom is 0.317 e. The van der Waals surface area contributed by atoms with Gasteiger partial charge < -0.3 is 40.1 Å². The van der Waals surface area contributed by atoms with Gasteiger partial charge in [0.25, 0.3) is 0 Å². The number of allylic oxidation sites excluding steroid dienone is 2. The lowest BCUT2D eigenvalue weighted by molar-refractivity contribution is -0.299. The van der Waals surface area contributed by atoms with Crippen molar-refractivity contribution in [3.63, 3.8) is 0 Å². The summed E-state index contributed by atoms with van der Waals surface area (Å²) in [5, 5.41) is 64.3. The van der Waals surface area contributed by atoms with Crippen LogP contribution >= 0.6 is 0 Å². The van der Waals surface area contributed by atoms with Crippen molar-refractivity contribution in [1.29, 1.82) is 0 Å². The molecule has 0 amide bonds. The summed E-state index contributed by atoms with van der Waals surface area (Å²) in [7, 11) is 0. The van der Waals surface area contributed by atoms with E-state index in [-0.39, 0.29) is 39.1 Å². The maximum atomic E-state index is 14.4. The number of hydrogen-bond acceptors (Lipinski definition) is 9. The molecule has 9 heteroatoms. The normalized spacial score (nSPS) is 53.6. The number of esters is 1. The molecule has 0 spiro atoms. The van der Waals surface area contributed by atoms with E-state index in [1.165, 1.54) is 5.57 Å². The SMILES string of the molecule is CC1(C)CCC2(C(=O)OC3OC(CO)C(O)C(O)C3O)C(O)CC3(C)C(=CCC4C5(C)CCC(O)C(C)(C)C5CCC43C)C2C1. The Bertz CT molecular complexity index is 1210. The molecule has 1 heterocycles. The van der Waals surface area contributed by atoms with Crippen molar-refractivity contribution in [2.45, 2.75) is 149 Å². The number of carbonyl (C=O) groups is 1. The summed E-state index contributed by atoms with van der Waals surface area (Å²) < 4.78 is 11.4. The van der Waals surface area contributed by atoms with Gasteiger partial charge in [0.2, 0.25) is 6.29 Å². The zero-order chi connectivity index (χ0) is 33.1. The molecule has 5 aliphatic carbocycles. The molecule has 4 saturated carbocycles. The van der Waals surface area contributed by atoms with E-state index in [1.54, 1.807) is 0 Å². The van der Waals surface area contributed by atoms with Crippen LogP contribution < -0.4 is 0 Å². The Morgan fingerprint density at radius 1 is 0.844 bits per heavy atom. The predicted octanol–water partition coefficient (Wildman–Crippen LogP) is 3.46. The number of hydrogen-bond donors (Lipinski definition) is 6. The fraction of sp³-hybridized carbons (Fsp3) is 0.917. The minimum atomic E-state index is -1.70. The van der Waals surface area contributed by atoms with Gasteiger partial charge in [-0.1, -0.05) is 60.1 Å². The molecule has 0 aromatic rings. The maximum absolute atomic E-state index is 14.4. The van der Waals surface area contributed by atoms with Gasteiger partial charge in [-0.15, -0.1) is 0 Å². The van der Waals surface area contributed by atoms with E-state index >= 15 is 0 Å². The van der Waals surface area contributed by atoms with Crippen molar-refractivity contribution in [2.24, 2.45) is 50.2 Å². The average molecular weight is 635 g/mol. The predicted molar refractivity (Wildman–Crippen MR) is 166 cm³/mol. The molecule has 256 valence electrons. The van der Waals surface area contributed by atoms with Crippen LogP contribution in [0.4, 0.5) is 0 Å². The molecule has 0 aromatic carbocycles. The second-order valence-corrected chi connectivity index (χ2v) is 18.0. The quantitative estimate of drug-likeness (QED) is 0.202. The molecule has 6 aliphatic rings.